The van der Waals surface area contributed by atoms with Gasteiger partial charge in [0.25, 0.3) is 5.56 Å². The van der Waals surface area contributed by atoms with Crippen molar-refractivity contribution in [1.82, 2.24) is 28.7 Å². The van der Waals surface area contributed by atoms with Gasteiger partial charge in [0.15, 0.2) is 16.3 Å². The van der Waals surface area contributed by atoms with E-state index in [1.807, 2.05) is 31.4 Å². The van der Waals surface area contributed by atoms with Crippen LogP contribution in [0.5, 0.6) is 0 Å². The lowest BCUT2D eigenvalue weighted by molar-refractivity contribution is -0.00586. The second kappa shape index (κ2) is 8.46. The van der Waals surface area contributed by atoms with Gasteiger partial charge in [0.05, 0.1) is 12.2 Å². The van der Waals surface area contributed by atoms with E-state index in [0.29, 0.717) is 47.7 Å². The van der Waals surface area contributed by atoms with E-state index in [2.05, 4.69) is 14.9 Å². The highest BCUT2D eigenvalue weighted by Crippen LogP contribution is 2.24. The Morgan fingerprint density at radius 3 is 2.52 bits per heavy atom. The molecule has 4 rings (SSSR count). The molecule has 1 saturated heterocycles. The molecular formula is C20H27N7O3S. The minimum Gasteiger partial charge on any atom is -0.372 e. The van der Waals surface area contributed by atoms with E-state index in [-0.39, 0.29) is 23.5 Å². The van der Waals surface area contributed by atoms with E-state index in [1.165, 1.54) is 23.4 Å². The van der Waals surface area contributed by atoms with Crippen molar-refractivity contribution in [3.63, 3.8) is 0 Å². The second-order valence-electron chi connectivity index (χ2n) is 7.93. The highest BCUT2D eigenvalue weighted by atomic mass is 32.2. The fourth-order valence-electron chi connectivity index (χ4n) is 3.95. The SMILES string of the molecule is Cc1ccnc(SCCn2c(N3C[C@@H](C)O[C@@H](C)C3)nc3c2c(=O)n(C)c(=O)n3C)n1. The first kappa shape index (κ1) is 21.6. The summed E-state index contributed by atoms with van der Waals surface area (Å²) < 4.78 is 10.4. The number of hydrogen-bond donors (Lipinski definition) is 0. The number of fused-ring (bicyclic) bond motifs is 1. The average molecular weight is 446 g/mol. The zero-order valence-corrected chi connectivity index (χ0v) is 19.2. The van der Waals surface area contributed by atoms with E-state index in [0.717, 1.165) is 10.3 Å². The topological polar surface area (TPSA) is 100 Å². The third-order valence-corrected chi connectivity index (χ3v) is 6.19. The maximum Gasteiger partial charge on any atom is 0.332 e. The molecule has 0 radical (unpaired) electrons. The molecule has 0 aliphatic carbocycles. The number of rotatable bonds is 5. The van der Waals surface area contributed by atoms with Crippen molar-refractivity contribution < 1.29 is 4.74 Å². The molecular weight excluding hydrogens is 418 g/mol. The molecule has 0 amide bonds. The van der Waals surface area contributed by atoms with Crippen molar-refractivity contribution in [3.8, 4) is 0 Å². The van der Waals surface area contributed by atoms with Crippen molar-refractivity contribution in [2.45, 2.75) is 44.7 Å². The fourth-order valence-corrected chi connectivity index (χ4v) is 4.75. The van der Waals surface area contributed by atoms with E-state index in [4.69, 9.17) is 9.72 Å². The molecule has 4 heterocycles. The first-order valence-electron chi connectivity index (χ1n) is 10.3. The third kappa shape index (κ3) is 4.11. The molecule has 0 bridgehead atoms. The Bertz CT molecular complexity index is 1220. The van der Waals surface area contributed by atoms with Crippen molar-refractivity contribution in [1.29, 1.82) is 0 Å². The monoisotopic (exact) mass is 445 g/mol. The van der Waals surface area contributed by atoms with E-state index in [1.54, 1.807) is 13.2 Å². The third-order valence-electron chi connectivity index (χ3n) is 5.35. The Hall–Kier alpha value is -2.66. The molecule has 1 aliphatic rings. The number of aromatic nitrogens is 6. The van der Waals surface area contributed by atoms with Gasteiger partial charge in [0, 0.05) is 51.4 Å². The number of ether oxygens (including phenoxy) is 1. The quantitative estimate of drug-likeness (QED) is 0.423. The van der Waals surface area contributed by atoms with Crippen molar-refractivity contribution in [2.75, 3.05) is 23.7 Å². The average Bonchev–Trinajstić information content (AvgIpc) is 3.10. The van der Waals surface area contributed by atoms with Crippen LogP contribution in [0, 0.1) is 6.92 Å². The Balaban J connectivity index is 1.76. The molecule has 1 fully saturated rings. The first-order chi connectivity index (χ1) is 14.8. The van der Waals surface area contributed by atoms with Crippen LogP contribution in [0.15, 0.2) is 27.0 Å². The highest BCUT2D eigenvalue weighted by molar-refractivity contribution is 7.99. The molecule has 0 aromatic carbocycles. The normalized spacial score (nSPS) is 19.3. The summed E-state index contributed by atoms with van der Waals surface area (Å²) in [7, 11) is 3.14. The predicted octanol–water partition coefficient (Wildman–Crippen LogP) is 0.938. The zero-order chi connectivity index (χ0) is 22.3. The summed E-state index contributed by atoms with van der Waals surface area (Å²) in [5, 5.41) is 0.694. The van der Waals surface area contributed by atoms with Gasteiger partial charge in [0.1, 0.15) is 0 Å². The van der Waals surface area contributed by atoms with Gasteiger partial charge in [-0.3, -0.25) is 13.9 Å². The molecule has 0 N–H and O–H groups in total. The Morgan fingerprint density at radius 1 is 1.13 bits per heavy atom. The first-order valence-corrected chi connectivity index (χ1v) is 11.2. The van der Waals surface area contributed by atoms with Crippen molar-refractivity contribution >= 4 is 28.9 Å². The summed E-state index contributed by atoms with van der Waals surface area (Å²) in [5.41, 5.74) is 0.998. The molecule has 1 aliphatic heterocycles. The van der Waals surface area contributed by atoms with Gasteiger partial charge in [-0.1, -0.05) is 11.8 Å². The van der Waals surface area contributed by atoms with Gasteiger partial charge in [-0.2, -0.15) is 4.98 Å². The van der Waals surface area contributed by atoms with Gasteiger partial charge in [-0.25, -0.2) is 14.8 Å². The fraction of sp³-hybridized carbons (Fsp3) is 0.550. The molecule has 3 aromatic heterocycles. The van der Waals surface area contributed by atoms with Crippen LogP contribution in [-0.2, 0) is 25.4 Å². The number of nitrogens with zero attached hydrogens (tertiary/aromatic N) is 7. The van der Waals surface area contributed by atoms with Crippen LogP contribution in [0.3, 0.4) is 0 Å². The molecule has 0 unspecified atom stereocenters. The standard InChI is InChI=1S/C20H27N7O3S/c1-12-6-7-21-18(22-12)31-9-8-27-15-16(24(4)20(29)25(5)17(15)28)23-19(27)26-10-13(2)30-14(3)11-26/h6-7,13-14H,8-11H2,1-5H3/t13-,14+. The van der Waals surface area contributed by atoms with Gasteiger partial charge >= 0.3 is 5.69 Å². The predicted molar refractivity (Wildman–Crippen MR) is 120 cm³/mol. The maximum atomic E-state index is 13.0. The Kier molecular flexibility index (Phi) is 5.89. The second-order valence-corrected chi connectivity index (χ2v) is 8.99. The van der Waals surface area contributed by atoms with Crippen LogP contribution in [0.25, 0.3) is 11.2 Å². The zero-order valence-electron chi connectivity index (χ0n) is 18.4. The summed E-state index contributed by atoms with van der Waals surface area (Å²) in [4.78, 5) is 41.1. The van der Waals surface area contributed by atoms with Crippen LogP contribution in [0.4, 0.5) is 5.95 Å². The van der Waals surface area contributed by atoms with Crippen molar-refractivity contribution in [2.24, 2.45) is 14.1 Å². The van der Waals surface area contributed by atoms with Gasteiger partial charge in [-0.15, -0.1) is 0 Å². The van der Waals surface area contributed by atoms with Gasteiger partial charge in [0.2, 0.25) is 5.95 Å². The summed E-state index contributed by atoms with van der Waals surface area (Å²) in [6, 6.07) is 1.86. The molecule has 3 aromatic rings. The lowest BCUT2D eigenvalue weighted by Crippen LogP contribution is -2.46. The largest absolute Gasteiger partial charge is 0.372 e. The Labute approximate surface area is 183 Å². The molecule has 11 heteroatoms. The lowest BCUT2D eigenvalue weighted by atomic mass is 10.2. The number of anilines is 1. The van der Waals surface area contributed by atoms with Gasteiger partial charge in [-0.05, 0) is 26.8 Å². The summed E-state index contributed by atoms with van der Waals surface area (Å²) in [5.74, 6) is 1.34. The number of imidazole rings is 1. The smallest absolute Gasteiger partial charge is 0.332 e. The lowest BCUT2D eigenvalue weighted by Gasteiger charge is -2.36. The number of hydrogen-bond acceptors (Lipinski definition) is 8. The number of thioether (sulfide) groups is 1. The minimum absolute atomic E-state index is 0.0405. The summed E-state index contributed by atoms with van der Waals surface area (Å²) >= 11 is 1.52. The molecule has 10 nitrogen and oxygen atoms in total. The van der Waals surface area contributed by atoms with E-state index >= 15 is 0 Å². The maximum absolute atomic E-state index is 13.0. The van der Waals surface area contributed by atoms with E-state index in [9.17, 15) is 9.59 Å². The van der Waals surface area contributed by atoms with Crippen molar-refractivity contribution in [3.05, 3.63) is 38.8 Å². The van der Waals surface area contributed by atoms with Crippen LogP contribution < -0.4 is 16.1 Å². The van der Waals surface area contributed by atoms with Crippen LogP contribution in [-0.4, -0.2) is 59.7 Å². The molecule has 31 heavy (non-hydrogen) atoms. The number of morpholine rings is 1. The van der Waals surface area contributed by atoms with E-state index < -0.39 is 0 Å². The Morgan fingerprint density at radius 2 is 1.84 bits per heavy atom. The van der Waals surface area contributed by atoms with Crippen LogP contribution in [0.2, 0.25) is 0 Å². The summed E-state index contributed by atoms with van der Waals surface area (Å²) in [6.07, 6.45) is 1.82. The minimum atomic E-state index is -0.389. The molecule has 0 spiro atoms. The molecule has 2 atom stereocenters. The van der Waals surface area contributed by atoms with Crippen LogP contribution in [0.1, 0.15) is 19.5 Å². The summed E-state index contributed by atoms with van der Waals surface area (Å²) in [6.45, 7) is 7.83. The number of aryl methyl sites for hydroxylation is 3. The van der Waals surface area contributed by atoms with Crippen LogP contribution >= 0.6 is 11.8 Å². The highest BCUT2D eigenvalue weighted by Gasteiger charge is 2.28. The molecule has 166 valence electrons. The molecule has 0 saturated carbocycles. The van der Waals surface area contributed by atoms with Gasteiger partial charge < -0.3 is 14.2 Å².